The number of nitrogens with zero attached hydrogens (tertiary/aromatic N) is 2. The van der Waals surface area contributed by atoms with E-state index >= 15 is 0 Å². The molecular formula is C26H36N2O3. The number of carbonyl (C=O) groups is 1. The fraction of sp³-hybridized carbons (Fsp3) is 0.654. The lowest BCUT2D eigenvalue weighted by Crippen LogP contribution is -2.58. The van der Waals surface area contributed by atoms with Crippen LogP contribution in [0.2, 0.25) is 0 Å². The van der Waals surface area contributed by atoms with Gasteiger partial charge in [0.15, 0.2) is 0 Å². The zero-order valence-electron chi connectivity index (χ0n) is 19.2. The molecule has 2 aromatic rings. The van der Waals surface area contributed by atoms with Crippen molar-refractivity contribution in [2.45, 2.75) is 76.0 Å². The molecular weight excluding hydrogens is 388 g/mol. The van der Waals surface area contributed by atoms with Gasteiger partial charge < -0.3 is 19.0 Å². The van der Waals surface area contributed by atoms with Crippen LogP contribution in [0.4, 0.5) is 0 Å². The van der Waals surface area contributed by atoms with Gasteiger partial charge in [-0.25, -0.2) is 0 Å². The molecule has 5 rings (SSSR count). The van der Waals surface area contributed by atoms with E-state index in [0.717, 1.165) is 60.6 Å². The van der Waals surface area contributed by atoms with Gasteiger partial charge in [0.05, 0.1) is 12.0 Å². The van der Waals surface area contributed by atoms with Gasteiger partial charge in [0.2, 0.25) is 5.91 Å². The van der Waals surface area contributed by atoms with Crippen LogP contribution in [0.25, 0.3) is 11.0 Å². The van der Waals surface area contributed by atoms with Crippen LogP contribution in [0.5, 0.6) is 0 Å². The molecule has 3 fully saturated rings. The number of para-hydroxylation sites is 1. The van der Waals surface area contributed by atoms with Crippen molar-refractivity contribution >= 4 is 16.9 Å². The van der Waals surface area contributed by atoms with Crippen molar-refractivity contribution in [3.05, 3.63) is 35.6 Å². The molecule has 31 heavy (non-hydrogen) atoms. The third kappa shape index (κ3) is 4.14. The Morgan fingerprint density at radius 3 is 2.68 bits per heavy atom. The fourth-order valence-electron chi connectivity index (χ4n) is 5.98. The smallest absolute Gasteiger partial charge is 0.227 e. The Bertz CT molecular complexity index is 941. The zero-order chi connectivity index (χ0) is 21.6. The second-order valence-corrected chi connectivity index (χ2v) is 10.2. The quantitative estimate of drug-likeness (QED) is 0.682. The molecule has 1 saturated heterocycles. The molecule has 1 aromatic heterocycles. The van der Waals surface area contributed by atoms with Gasteiger partial charge in [-0.1, -0.05) is 18.2 Å². The van der Waals surface area contributed by atoms with Gasteiger partial charge in [-0.05, 0) is 70.9 Å². The van der Waals surface area contributed by atoms with E-state index in [1.54, 1.807) is 0 Å². The van der Waals surface area contributed by atoms with Crippen LogP contribution in [-0.2, 0) is 16.0 Å². The van der Waals surface area contributed by atoms with Gasteiger partial charge in [0.1, 0.15) is 11.3 Å². The van der Waals surface area contributed by atoms with Crippen molar-refractivity contribution in [1.29, 1.82) is 0 Å². The van der Waals surface area contributed by atoms with Gasteiger partial charge in [0.25, 0.3) is 0 Å². The number of hydrogen-bond acceptors (Lipinski definition) is 4. The summed E-state index contributed by atoms with van der Waals surface area (Å²) < 4.78 is 12.2. The molecule has 168 valence electrons. The number of furan rings is 1. The Balaban J connectivity index is 1.34. The molecule has 2 aliphatic carbocycles. The molecule has 1 aliphatic heterocycles. The van der Waals surface area contributed by atoms with E-state index in [9.17, 15) is 4.79 Å². The second kappa shape index (κ2) is 8.25. The first-order valence-corrected chi connectivity index (χ1v) is 12.0. The van der Waals surface area contributed by atoms with Crippen molar-refractivity contribution in [2.24, 2.45) is 5.92 Å². The predicted octanol–water partition coefficient (Wildman–Crippen LogP) is 4.55. The summed E-state index contributed by atoms with van der Waals surface area (Å²) in [5.74, 6) is 1.88. The Morgan fingerprint density at radius 1 is 1.13 bits per heavy atom. The minimum Gasteiger partial charge on any atom is -0.461 e. The molecule has 0 radical (unpaired) electrons. The normalized spacial score (nSPS) is 28.6. The van der Waals surface area contributed by atoms with E-state index in [2.05, 4.69) is 18.0 Å². The number of likely N-dealkylation sites (N-methyl/N-ethyl adjacent to an activating group) is 2. The molecule has 5 heteroatoms. The van der Waals surface area contributed by atoms with Crippen molar-refractivity contribution < 1.29 is 13.9 Å². The van der Waals surface area contributed by atoms with E-state index in [0.29, 0.717) is 12.5 Å². The summed E-state index contributed by atoms with van der Waals surface area (Å²) in [5, 5.41) is 1.06. The highest BCUT2D eigenvalue weighted by Gasteiger charge is 2.47. The molecule has 0 bridgehead atoms. The number of carbonyl (C=O) groups excluding carboxylic acids is 1. The monoisotopic (exact) mass is 424 g/mol. The number of ether oxygens (including phenoxy) is 1. The summed E-state index contributed by atoms with van der Waals surface area (Å²) in [5.41, 5.74) is 1.94. The maximum atomic E-state index is 13.5. The predicted molar refractivity (Wildman–Crippen MR) is 122 cm³/mol. The largest absolute Gasteiger partial charge is 0.461 e. The standard InChI is InChI=1S/C26H36N2O3/c1-18-21(20-7-4-5-8-24(20)31-18)15-25(29)28(3)22-11-13-26(12-6-14-30-26)16-23(22)27(2)17-19-9-10-19/h4-5,7-8,19,22-23H,6,9-17H2,1-3H3/t22-,23-,26-/m1/s1. The first-order valence-electron chi connectivity index (χ1n) is 12.0. The topological polar surface area (TPSA) is 45.9 Å². The van der Waals surface area contributed by atoms with E-state index in [-0.39, 0.29) is 17.6 Å². The number of rotatable bonds is 6. The lowest BCUT2D eigenvalue weighted by Gasteiger charge is -2.48. The average Bonchev–Trinajstić information content (AvgIpc) is 3.38. The average molecular weight is 425 g/mol. The minimum absolute atomic E-state index is 0.0419. The van der Waals surface area contributed by atoms with Gasteiger partial charge in [0, 0.05) is 43.2 Å². The van der Waals surface area contributed by atoms with Crippen LogP contribution in [0, 0.1) is 12.8 Å². The van der Waals surface area contributed by atoms with Gasteiger partial charge >= 0.3 is 0 Å². The van der Waals surface area contributed by atoms with Crippen LogP contribution in [0.1, 0.15) is 56.3 Å². The van der Waals surface area contributed by atoms with E-state index < -0.39 is 0 Å². The third-order valence-electron chi connectivity index (χ3n) is 8.03. The summed E-state index contributed by atoms with van der Waals surface area (Å²) in [4.78, 5) is 18.0. The van der Waals surface area contributed by atoms with E-state index in [1.807, 2.05) is 37.1 Å². The van der Waals surface area contributed by atoms with Crippen LogP contribution in [0.3, 0.4) is 0 Å². The van der Waals surface area contributed by atoms with Crippen molar-refractivity contribution in [3.63, 3.8) is 0 Å². The Hall–Kier alpha value is -1.85. The Morgan fingerprint density at radius 2 is 1.94 bits per heavy atom. The first kappa shape index (κ1) is 21.0. The van der Waals surface area contributed by atoms with Crippen LogP contribution in [-0.4, -0.2) is 60.6 Å². The summed E-state index contributed by atoms with van der Waals surface area (Å²) >= 11 is 0. The molecule has 1 aromatic carbocycles. The Kier molecular flexibility index (Phi) is 5.59. The zero-order valence-corrected chi connectivity index (χ0v) is 19.2. The van der Waals surface area contributed by atoms with Gasteiger partial charge in [-0.3, -0.25) is 4.79 Å². The van der Waals surface area contributed by atoms with Crippen molar-refractivity contribution in [3.8, 4) is 0 Å². The number of hydrogen-bond donors (Lipinski definition) is 0. The molecule has 0 unspecified atom stereocenters. The molecule has 1 amide bonds. The minimum atomic E-state index is 0.0419. The first-order chi connectivity index (χ1) is 15.0. The molecule has 1 spiro atoms. The second-order valence-electron chi connectivity index (χ2n) is 10.2. The molecule has 0 N–H and O–H groups in total. The lowest BCUT2D eigenvalue weighted by molar-refractivity contribution is -0.136. The maximum Gasteiger partial charge on any atom is 0.227 e. The number of fused-ring (bicyclic) bond motifs is 1. The highest BCUT2D eigenvalue weighted by molar-refractivity contribution is 5.88. The van der Waals surface area contributed by atoms with E-state index in [1.165, 1.54) is 25.7 Å². The van der Waals surface area contributed by atoms with Gasteiger partial charge in [-0.2, -0.15) is 0 Å². The third-order valence-corrected chi connectivity index (χ3v) is 8.03. The van der Waals surface area contributed by atoms with Crippen molar-refractivity contribution in [2.75, 3.05) is 27.2 Å². The van der Waals surface area contributed by atoms with Crippen molar-refractivity contribution in [1.82, 2.24) is 9.80 Å². The van der Waals surface area contributed by atoms with Crippen LogP contribution < -0.4 is 0 Å². The fourth-order valence-corrected chi connectivity index (χ4v) is 5.98. The summed E-state index contributed by atoms with van der Waals surface area (Å²) in [6.45, 7) is 4.01. The highest BCUT2D eigenvalue weighted by atomic mass is 16.5. The van der Waals surface area contributed by atoms with E-state index in [4.69, 9.17) is 9.15 Å². The Labute approximate surface area is 185 Å². The molecule has 2 heterocycles. The molecule has 3 aliphatic rings. The summed E-state index contributed by atoms with van der Waals surface area (Å²) in [6, 6.07) is 8.63. The molecule has 2 saturated carbocycles. The number of benzene rings is 1. The molecule has 5 nitrogen and oxygen atoms in total. The maximum absolute atomic E-state index is 13.5. The highest BCUT2D eigenvalue weighted by Crippen LogP contribution is 2.43. The van der Waals surface area contributed by atoms with Gasteiger partial charge in [-0.15, -0.1) is 0 Å². The number of aryl methyl sites for hydroxylation is 1. The number of amides is 1. The lowest BCUT2D eigenvalue weighted by atomic mass is 9.76. The van der Waals surface area contributed by atoms with Crippen LogP contribution >= 0.6 is 0 Å². The molecule has 3 atom stereocenters. The SMILES string of the molecule is Cc1oc2ccccc2c1CC(=O)N(C)[C@@H]1CC[C@]2(CCCO2)C[C@H]1N(C)CC1CC1. The summed E-state index contributed by atoms with van der Waals surface area (Å²) in [6.07, 6.45) is 8.58. The van der Waals surface area contributed by atoms with Crippen LogP contribution in [0.15, 0.2) is 28.7 Å². The summed E-state index contributed by atoms with van der Waals surface area (Å²) in [7, 11) is 4.27.